The number of aromatic nitrogens is 1. The predicted octanol–water partition coefficient (Wildman–Crippen LogP) is 5.21. The number of aryl methyl sites for hydroxylation is 2. The number of carbonyl (C=O) groups excluding carboxylic acids is 2. The van der Waals surface area contributed by atoms with Crippen LogP contribution in [-0.2, 0) is 0 Å². The van der Waals surface area contributed by atoms with Crippen LogP contribution in [0.25, 0.3) is 0 Å². The molecule has 0 atom stereocenters. The summed E-state index contributed by atoms with van der Waals surface area (Å²) in [6.07, 6.45) is 0. The van der Waals surface area contributed by atoms with E-state index < -0.39 is 5.91 Å². The molecule has 2 N–H and O–H groups in total. The number of hydrogen-bond donors (Lipinski definition) is 2. The first-order chi connectivity index (χ1) is 16.7. The van der Waals surface area contributed by atoms with Gasteiger partial charge in [-0.3, -0.25) is 9.59 Å². The maximum atomic E-state index is 12.7. The van der Waals surface area contributed by atoms with Gasteiger partial charge in [0.15, 0.2) is 5.69 Å². The van der Waals surface area contributed by atoms with Crippen molar-refractivity contribution in [2.24, 2.45) is 0 Å². The first kappa shape index (κ1) is 27.6. The average molecular weight is 480 g/mol. The Morgan fingerprint density at radius 2 is 1.57 bits per heavy atom. The van der Waals surface area contributed by atoms with E-state index in [1.165, 1.54) is 19.6 Å². The fraction of sp³-hybridized carbons (Fsp3) is 0.370. The molecule has 2 aromatic carbocycles. The molecular weight excluding hydrogens is 442 g/mol. The zero-order valence-electron chi connectivity index (χ0n) is 21.8. The normalized spacial score (nSPS) is 10.4. The van der Waals surface area contributed by atoms with Crippen molar-refractivity contribution in [1.82, 2.24) is 10.1 Å². The molecule has 188 valence electrons. The second-order valence-electron chi connectivity index (χ2n) is 8.33. The lowest BCUT2D eigenvalue weighted by atomic mass is 10.1. The molecule has 0 saturated heterocycles. The Balaban J connectivity index is 0.000000540. The van der Waals surface area contributed by atoms with E-state index in [0.717, 1.165) is 11.3 Å². The van der Waals surface area contributed by atoms with Gasteiger partial charge in [0.2, 0.25) is 0 Å². The van der Waals surface area contributed by atoms with Crippen LogP contribution in [0.2, 0.25) is 0 Å². The molecule has 0 bridgehead atoms. The van der Waals surface area contributed by atoms with Gasteiger partial charge in [-0.15, -0.1) is 0 Å². The van der Waals surface area contributed by atoms with E-state index in [2.05, 4.69) is 41.5 Å². The molecule has 3 rings (SSSR count). The summed E-state index contributed by atoms with van der Waals surface area (Å²) < 4.78 is 4.93. The molecule has 0 fully saturated rings. The van der Waals surface area contributed by atoms with Crippen LogP contribution < -0.4 is 15.5 Å². The lowest BCUT2D eigenvalue weighted by molar-refractivity contribution is 0.101. The second kappa shape index (κ2) is 13.3. The maximum Gasteiger partial charge on any atom is 0.277 e. The van der Waals surface area contributed by atoms with Crippen molar-refractivity contribution in [2.45, 2.75) is 34.6 Å². The van der Waals surface area contributed by atoms with Gasteiger partial charge in [0.1, 0.15) is 5.76 Å². The lowest BCUT2D eigenvalue weighted by Gasteiger charge is -2.14. The number of benzene rings is 2. The van der Waals surface area contributed by atoms with Gasteiger partial charge in [-0.05, 0) is 69.4 Å². The highest BCUT2D eigenvalue weighted by atomic mass is 16.5. The number of nitrogens with zero attached hydrogens (tertiary/aromatic N) is 3. The fourth-order valence-corrected chi connectivity index (χ4v) is 3.29. The van der Waals surface area contributed by atoms with Crippen molar-refractivity contribution in [3.63, 3.8) is 0 Å². The lowest BCUT2D eigenvalue weighted by Crippen LogP contribution is -2.21. The van der Waals surface area contributed by atoms with Crippen LogP contribution in [0.15, 0.2) is 53.1 Å². The number of anilines is 3. The molecule has 8 nitrogen and oxygen atoms in total. The maximum absolute atomic E-state index is 12.7. The summed E-state index contributed by atoms with van der Waals surface area (Å²) >= 11 is 0. The number of rotatable bonds is 8. The zero-order valence-corrected chi connectivity index (χ0v) is 21.8. The predicted molar refractivity (Wildman–Crippen MR) is 143 cm³/mol. The number of hydrogen-bond acceptors (Lipinski definition) is 6. The van der Waals surface area contributed by atoms with Crippen LogP contribution in [0, 0.1) is 13.8 Å². The van der Waals surface area contributed by atoms with Gasteiger partial charge in [0.25, 0.3) is 11.8 Å². The average Bonchev–Trinajstić information content (AvgIpc) is 3.28. The van der Waals surface area contributed by atoms with Crippen molar-refractivity contribution in [3.05, 3.63) is 71.1 Å². The highest BCUT2D eigenvalue weighted by molar-refractivity contribution is 6.07. The minimum absolute atomic E-state index is 0.187. The molecule has 0 aliphatic carbocycles. The van der Waals surface area contributed by atoms with E-state index in [9.17, 15) is 9.59 Å². The van der Waals surface area contributed by atoms with Gasteiger partial charge in [0, 0.05) is 42.8 Å². The van der Waals surface area contributed by atoms with Gasteiger partial charge >= 0.3 is 0 Å². The molecule has 8 heteroatoms. The van der Waals surface area contributed by atoms with Crippen molar-refractivity contribution >= 4 is 28.9 Å². The van der Waals surface area contributed by atoms with Crippen LogP contribution in [0.4, 0.5) is 17.1 Å². The largest absolute Gasteiger partial charge is 0.378 e. The Bertz CT molecular complexity index is 1110. The number of nitrogens with one attached hydrogen (secondary N) is 2. The summed E-state index contributed by atoms with van der Waals surface area (Å²) in [5.41, 5.74) is 3.68. The van der Waals surface area contributed by atoms with Crippen LogP contribution in [0.3, 0.4) is 0 Å². The second-order valence-corrected chi connectivity index (χ2v) is 8.33. The van der Waals surface area contributed by atoms with E-state index in [1.54, 1.807) is 31.2 Å². The number of carbonyl (C=O) groups is 2. The van der Waals surface area contributed by atoms with E-state index in [0.29, 0.717) is 22.7 Å². The minimum atomic E-state index is -0.392. The van der Waals surface area contributed by atoms with E-state index in [1.807, 2.05) is 50.2 Å². The van der Waals surface area contributed by atoms with Crippen LogP contribution >= 0.6 is 0 Å². The third kappa shape index (κ3) is 8.26. The number of amides is 2. The van der Waals surface area contributed by atoms with Crippen molar-refractivity contribution < 1.29 is 14.1 Å². The molecule has 3 aromatic rings. The molecule has 0 radical (unpaired) electrons. The molecule has 2 amide bonds. The smallest absolute Gasteiger partial charge is 0.277 e. The van der Waals surface area contributed by atoms with Crippen LogP contribution in [0.5, 0.6) is 0 Å². The van der Waals surface area contributed by atoms with Crippen LogP contribution in [0.1, 0.15) is 52.9 Å². The van der Waals surface area contributed by atoms with Crippen LogP contribution in [-0.4, -0.2) is 55.6 Å². The Morgan fingerprint density at radius 3 is 2.11 bits per heavy atom. The molecule has 0 saturated carbocycles. The van der Waals surface area contributed by atoms with Crippen molar-refractivity contribution in [1.29, 1.82) is 0 Å². The summed E-state index contributed by atoms with van der Waals surface area (Å²) in [6.45, 7) is 13.7. The summed E-state index contributed by atoms with van der Waals surface area (Å²) in [7, 11) is 3.87. The first-order valence-corrected chi connectivity index (χ1v) is 11.8. The molecule has 0 spiro atoms. The van der Waals surface area contributed by atoms with Crippen molar-refractivity contribution in [2.75, 3.05) is 49.3 Å². The molecule has 0 aliphatic rings. The Morgan fingerprint density at radius 1 is 0.886 bits per heavy atom. The summed E-state index contributed by atoms with van der Waals surface area (Å²) in [5, 5.41) is 9.36. The van der Waals surface area contributed by atoms with Gasteiger partial charge < -0.3 is 25.0 Å². The Kier molecular flexibility index (Phi) is 10.5. The topological polar surface area (TPSA) is 90.7 Å². The Labute approximate surface area is 208 Å². The SMILES string of the molecule is CCN(CC)CC.Cc1cc(C(=O)Nc2cc(C(=O)Nc3cccc(N(C)C)c3)ccc2C)no1. The summed E-state index contributed by atoms with van der Waals surface area (Å²) in [5.74, 6) is -0.102. The molecule has 35 heavy (non-hydrogen) atoms. The summed E-state index contributed by atoms with van der Waals surface area (Å²) in [6, 6.07) is 14.3. The van der Waals surface area contributed by atoms with Crippen molar-refractivity contribution in [3.8, 4) is 0 Å². The molecular formula is C27H37N5O3. The van der Waals surface area contributed by atoms with E-state index in [-0.39, 0.29) is 11.6 Å². The van der Waals surface area contributed by atoms with Gasteiger partial charge in [-0.1, -0.05) is 38.1 Å². The quantitative estimate of drug-likeness (QED) is 0.461. The third-order valence-electron chi connectivity index (χ3n) is 5.57. The molecule has 0 aliphatic heterocycles. The molecule has 0 unspecified atom stereocenters. The highest BCUT2D eigenvalue weighted by Gasteiger charge is 2.14. The van der Waals surface area contributed by atoms with E-state index in [4.69, 9.17) is 4.52 Å². The van der Waals surface area contributed by atoms with E-state index >= 15 is 0 Å². The van der Waals surface area contributed by atoms with Gasteiger partial charge in [-0.25, -0.2) is 0 Å². The third-order valence-corrected chi connectivity index (χ3v) is 5.57. The Hall–Kier alpha value is -3.65. The van der Waals surface area contributed by atoms with Gasteiger partial charge in [0.05, 0.1) is 0 Å². The zero-order chi connectivity index (χ0) is 26.0. The molecule has 1 aromatic heterocycles. The molecule has 1 heterocycles. The first-order valence-electron chi connectivity index (χ1n) is 11.8. The van der Waals surface area contributed by atoms with Gasteiger partial charge in [-0.2, -0.15) is 0 Å². The highest BCUT2D eigenvalue weighted by Crippen LogP contribution is 2.21. The monoisotopic (exact) mass is 479 g/mol. The fourth-order valence-electron chi connectivity index (χ4n) is 3.29. The minimum Gasteiger partial charge on any atom is -0.378 e. The standard InChI is InChI=1S/C21H22N4O3.C6H15N/c1-13-8-9-15(11-18(13)23-21(27)19-10-14(2)28-24-19)20(26)22-16-6-5-7-17(12-16)25(3)4;1-4-7(5-2)6-3/h5-12H,1-4H3,(H,22,26)(H,23,27);4-6H2,1-3H3. The summed E-state index contributed by atoms with van der Waals surface area (Å²) in [4.78, 5) is 29.3.